The van der Waals surface area contributed by atoms with Crippen molar-refractivity contribution in [3.63, 3.8) is 0 Å². The fourth-order valence-corrected chi connectivity index (χ4v) is 2.16. The number of hydrogen-bond acceptors (Lipinski definition) is 2. The third kappa shape index (κ3) is 3.92. The van der Waals surface area contributed by atoms with Crippen molar-refractivity contribution in [2.45, 2.75) is 19.3 Å². The van der Waals surface area contributed by atoms with Crippen LogP contribution in [0.15, 0.2) is 60.7 Å². The molecule has 110 valence electrons. The van der Waals surface area contributed by atoms with Crippen LogP contribution < -0.4 is 0 Å². The van der Waals surface area contributed by atoms with E-state index in [0.29, 0.717) is 11.1 Å². The number of nitrogens with zero attached hydrogens (tertiary/aromatic N) is 1. The largest absolute Gasteiger partial charge is 0.395 e. The number of aliphatic hydroxyl groups excluding tert-OH is 1. The topological polar surface area (TPSA) is 40.5 Å². The van der Waals surface area contributed by atoms with Gasteiger partial charge in [-0.3, -0.25) is 4.79 Å². The van der Waals surface area contributed by atoms with Gasteiger partial charge in [0.25, 0.3) is 0 Å². The Bertz CT molecular complexity index is 632. The molecule has 3 nitrogen and oxygen atoms in total. The van der Waals surface area contributed by atoms with Crippen LogP contribution in [0.1, 0.15) is 26.7 Å². The summed E-state index contributed by atoms with van der Waals surface area (Å²) in [7, 11) is 0. The highest BCUT2D eigenvalue weighted by Crippen LogP contribution is 2.19. The minimum Gasteiger partial charge on any atom is -0.395 e. The third-order valence-electron chi connectivity index (χ3n) is 3.30. The van der Waals surface area contributed by atoms with Gasteiger partial charge in [-0.2, -0.15) is 0 Å². The average Bonchev–Trinajstić information content (AvgIpc) is 2.58. The molecule has 0 aromatic heterocycles. The Morgan fingerprint density at radius 3 is 2.24 bits per heavy atom. The van der Waals surface area contributed by atoms with Crippen molar-refractivity contribution >= 4 is 5.91 Å². The van der Waals surface area contributed by atoms with Gasteiger partial charge in [0.05, 0.1) is 15.3 Å². The predicted octanol–water partition coefficient (Wildman–Crippen LogP) is 2.81. The zero-order valence-corrected chi connectivity index (χ0v) is 12.1. The zero-order valence-electron chi connectivity index (χ0n) is 14.1. The molecule has 0 bridgehead atoms. The van der Waals surface area contributed by atoms with Gasteiger partial charge in [-0.15, -0.1) is 0 Å². The summed E-state index contributed by atoms with van der Waals surface area (Å²) in [5, 5.41) is 9.66. The summed E-state index contributed by atoms with van der Waals surface area (Å²) in [4.78, 5) is 14.0. The van der Waals surface area contributed by atoms with Crippen molar-refractivity contribution in [3.05, 3.63) is 71.8 Å². The average molecular weight is 285 g/mol. The molecule has 0 spiro atoms. The van der Waals surface area contributed by atoms with Gasteiger partial charge in [0.1, 0.15) is 0 Å². The van der Waals surface area contributed by atoms with Gasteiger partial charge in [-0.25, -0.2) is 0 Å². The molecule has 0 saturated heterocycles. The van der Waals surface area contributed by atoms with Gasteiger partial charge in [0.15, 0.2) is 0 Å². The molecule has 0 aliphatic carbocycles. The van der Waals surface area contributed by atoms with Crippen LogP contribution in [0.4, 0.5) is 0 Å². The lowest BCUT2D eigenvalue weighted by Gasteiger charge is -2.25. The quantitative estimate of drug-likeness (QED) is 0.886. The van der Waals surface area contributed by atoms with Gasteiger partial charge < -0.3 is 10.0 Å². The maximum absolute atomic E-state index is 12.9. The van der Waals surface area contributed by atoms with E-state index in [9.17, 15) is 9.90 Å². The molecule has 0 heterocycles. The van der Waals surface area contributed by atoms with Crippen molar-refractivity contribution in [1.82, 2.24) is 4.90 Å². The minimum absolute atomic E-state index is 0.212. The van der Waals surface area contributed by atoms with Gasteiger partial charge in [0, 0.05) is 13.0 Å². The number of carbonyl (C=O) groups excluding carboxylic acids is 1. The monoisotopic (exact) mass is 285 g/mol. The second kappa shape index (κ2) is 7.60. The second-order valence-corrected chi connectivity index (χ2v) is 4.71. The minimum atomic E-state index is -1.94. The van der Waals surface area contributed by atoms with Gasteiger partial charge in [-0.05, 0) is 18.1 Å². The van der Waals surface area contributed by atoms with E-state index in [1.807, 2.05) is 6.07 Å². The molecule has 1 unspecified atom stereocenters. The lowest BCUT2D eigenvalue weighted by Crippen LogP contribution is -2.36. The summed E-state index contributed by atoms with van der Waals surface area (Å²) in [6.45, 7) is -0.346. The molecule has 1 N–H and O–H groups in total. The predicted molar refractivity (Wildman–Crippen MR) is 83.8 cm³/mol. The van der Waals surface area contributed by atoms with E-state index >= 15 is 0 Å². The van der Waals surface area contributed by atoms with Crippen LogP contribution in [-0.2, 0) is 11.3 Å². The van der Waals surface area contributed by atoms with Crippen molar-refractivity contribution in [3.8, 4) is 0 Å². The van der Waals surface area contributed by atoms with Gasteiger partial charge >= 0.3 is 0 Å². The highest BCUT2D eigenvalue weighted by atomic mass is 16.3. The first kappa shape index (κ1) is 12.6. The smallest absolute Gasteiger partial charge is 0.232 e. The normalized spacial score (nSPS) is 14.0. The third-order valence-corrected chi connectivity index (χ3v) is 3.30. The summed E-state index contributed by atoms with van der Waals surface area (Å²) in [6, 6.07) is 17.6. The Morgan fingerprint density at radius 2 is 1.71 bits per heavy atom. The zero-order chi connectivity index (χ0) is 16.9. The molecule has 2 rings (SSSR count). The van der Waals surface area contributed by atoms with Gasteiger partial charge in [-0.1, -0.05) is 60.7 Å². The first-order valence-electron chi connectivity index (χ1n) is 8.05. The highest BCUT2D eigenvalue weighted by Gasteiger charge is 2.24. The fraction of sp³-hybridized carbons (Fsp3) is 0.278. The van der Waals surface area contributed by atoms with E-state index in [2.05, 4.69) is 0 Å². The number of carbonyl (C=O) groups is 1. The molecule has 21 heavy (non-hydrogen) atoms. The molecule has 1 amide bonds. The Kier molecular flexibility index (Phi) is 4.56. The van der Waals surface area contributed by atoms with E-state index in [4.69, 9.17) is 2.74 Å². The summed E-state index contributed by atoms with van der Waals surface area (Å²) in [6.07, 6.45) is 0. The van der Waals surface area contributed by atoms with Crippen LogP contribution in [0.25, 0.3) is 0 Å². The lowest BCUT2D eigenvalue weighted by atomic mass is 9.98. The Hall–Kier alpha value is -2.13. The van der Waals surface area contributed by atoms with Crippen molar-refractivity contribution in [2.75, 3.05) is 13.2 Å². The summed E-state index contributed by atoms with van der Waals surface area (Å²) in [5.74, 6) is -1.19. The first-order valence-corrected chi connectivity index (χ1v) is 7.05. The summed E-state index contributed by atoms with van der Waals surface area (Å²) >= 11 is 0. The molecule has 2 aromatic rings. The van der Waals surface area contributed by atoms with Crippen LogP contribution in [0, 0.1) is 0 Å². The summed E-state index contributed by atoms with van der Waals surface area (Å²) < 4.78 is 16.8. The number of hydrogen-bond donors (Lipinski definition) is 1. The standard InChI is InChI=1S/C18H21NO2/c1-2-19(13-15-9-5-3-6-10-15)18(21)17(14-20)16-11-7-4-8-12-16/h3-12,17,20H,2,13-14H2,1H3/i13D2. The number of likely N-dealkylation sites (N-methyl/N-ethyl adjacent to an activating group) is 1. The summed E-state index contributed by atoms with van der Waals surface area (Å²) in [5.41, 5.74) is 1.10. The molecule has 0 saturated carbocycles. The van der Waals surface area contributed by atoms with Crippen LogP contribution in [0.3, 0.4) is 0 Å². The molecule has 1 atom stereocenters. The molecule has 0 fully saturated rings. The number of aliphatic hydroxyl groups is 1. The Balaban J connectivity index is 2.34. The van der Waals surface area contributed by atoms with E-state index < -0.39 is 18.3 Å². The molecule has 0 radical (unpaired) electrons. The maximum atomic E-state index is 12.9. The van der Waals surface area contributed by atoms with Crippen molar-refractivity contribution in [1.29, 1.82) is 0 Å². The SMILES string of the molecule is [2H]C([2H])(c1ccccc1)N(CC)C(=O)C(CO)c1ccccc1. The lowest BCUT2D eigenvalue weighted by molar-refractivity contribution is -0.134. The molecular formula is C18H21NO2. The number of rotatable bonds is 6. The highest BCUT2D eigenvalue weighted by molar-refractivity contribution is 5.83. The number of amides is 1. The Labute approximate surface area is 128 Å². The first-order chi connectivity index (χ1) is 11.0. The van der Waals surface area contributed by atoms with Crippen molar-refractivity contribution in [2.24, 2.45) is 0 Å². The van der Waals surface area contributed by atoms with Crippen LogP contribution in [0.5, 0.6) is 0 Å². The molecule has 3 heteroatoms. The van der Waals surface area contributed by atoms with Crippen LogP contribution in [0.2, 0.25) is 0 Å². The fourth-order valence-electron chi connectivity index (χ4n) is 2.16. The van der Waals surface area contributed by atoms with E-state index in [1.54, 1.807) is 61.5 Å². The van der Waals surface area contributed by atoms with Crippen molar-refractivity contribution < 1.29 is 12.6 Å². The van der Waals surface area contributed by atoms with E-state index in [0.717, 1.165) is 0 Å². The van der Waals surface area contributed by atoms with E-state index in [-0.39, 0.29) is 13.2 Å². The molecular weight excluding hydrogens is 262 g/mol. The number of benzene rings is 2. The van der Waals surface area contributed by atoms with Crippen LogP contribution >= 0.6 is 0 Å². The molecule has 0 aliphatic heterocycles. The van der Waals surface area contributed by atoms with Crippen LogP contribution in [-0.4, -0.2) is 29.1 Å². The molecule has 0 aliphatic rings. The second-order valence-electron chi connectivity index (χ2n) is 4.71. The Morgan fingerprint density at radius 1 is 1.14 bits per heavy atom. The van der Waals surface area contributed by atoms with E-state index in [1.165, 1.54) is 4.90 Å². The molecule has 2 aromatic carbocycles. The maximum Gasteiger partial charge on any atom is 0.232 e. The van der Waals surface area contributed by atoms with Gasteiger partial charge in [0.2, 0.25) is 5.91 Å².